The summed E-state index contributed by atoms with van der Waals surface area (Å²) < 4.78 is 10.3. The molecule has 0 atom stereocenters. The van der Waals surface area contributed by atoms with E-state index >= 15 is 0 Å². The van der Waals surface area contributed by atoms with Crippen LogP contribution in [-0.4, -0.2) is 12.6 Å². The second kappa shape index (κ2) is 6.43. The maximum Gasteiger partial charge on any atom is 0.412 e. The molecule has 1 aromatic heterocycles. The molecular weight excluding hydrogens is 270 g/mol. The van der Waals surface area contributed by atoms with Gasteiger partial charge >= 0.3 is 11.7 Å². The predicted molar refractivity (Wildman–Crippen MR) is 80.7 cm³/mol. The molecule has 2 aromatic rings. The Kier molecular flexibility index (Phi) is 4.62. The number of amides is 1. The molecule has 0 radical (unpaired) electrons. The van der Waals surface area contributed by atoms with Crippen molar-refractivity contribution in [3.05, 3.63) is 40.2 Å². The van der Waals surface area contributed by atoms with Gasteiger partial charge in [0.05, 0.1) is 0 Å². The number of rotatable bonds is 4. The van der Waals surface area contributed by atoms with Gasteiger partial charge in [0.25, 0.3) is 0 Å². The molecule has 1 aromatic carbocycles. The van der Waals surface area contributed by atoms with Gasteiger partial charge in [-0.15, -0.1) is 0 Å². The summed E-state index contributed by atoms with van der Waals surface area (Å²) in [5.41, 5.74) is 0.820. The maximum atomic E-state index is 11.6. The molecule has 112 valence electrons. The van der Waals surface area contributed by atoms with Crippen molar-refractivity contribution >= 4 is 17.1 Å². The molecule has 0 saturated carbocycles. The van der Waals surface area contributed by atoms with E-state index in [0.717, 1.165) is 17.4 Å². The van der Waals surface area contributed by atoms with E-state index in [4.69, 9.17) is 9.15 Å². The van der Waals surface area contributed by atoms with Gasteiger partial charge in [0.1, 0.15) is 11.3 Å². The molecule has 1 amide bonds. The molecule has 0 aliphatic heterocycles. The highest BCUT2D eigenvalue weighted by atomic mass is 16.6. The first kappa shape index (κ1) is 15.1. The zero-order valence-electron chi connectivity index (χ0n) is 12.4. The molecule has 0 aliphatic carbocycles. The van der Waals surface area contributed by atoms with E-state index in [1.807, 2.05) is 6.92 Å². The van der Waals surface area contributed by atoms with E-state index in [2.05, 4.69) is 19.2 Å². The third-order valence-corrected chi connectivity index (χ3v) is 3.12. The fourth-order valence-electron chi connectivity index (χ4n) is 1.97. The normalized spacial score (nSPS) is 10.9. The van der Waals surface area contributed by atoms with E-state index in [1.54, 1.807) is 18.2 Å². The minimum absolute atomic E-state index is 0.346. The van der Waals surface area contributed by atoms with E-state index in [9.17, 15) is 9.59 Å². The lowest BCUT2D eigenvalue weighted by Gasteiger charge is -2.08. The maximum absolute atomic E-state index is 11.6. The van der Waals surface area contributed by atoms with E-state index in [1.165, 1.54) is 6.07 Å². The first-order chi connectivity index (χ1) is 9.95. The Labute approximate surface area is 122 Å². The van der Waals surface area contributed by atoms with Crippen molar-refractivity contribution in [2.75, 3.05) is 6.54 Å². The Morgan fingerprint density at radius 3 is 2.81 bits per heavy atom. The molecule has 0 saturated heterocycles. The lowest BCUT2D eigenvalue weighted by Crippen LogP contribution is -2.28. The molecule has 0 unspecified atom stereocenters. The SMILES string of the molecule is Cc1cc(=O)oc2cc(OC(=O)NCCC(C)C)ccc12. The van der Waals surface area contributed by atoms with Crippen LogP contribution in [0.15, 0.2) is 33.5 Å². The van der Waals surface area contributed by atoms with Crippen molar-refractivity contribution in [3.63, 3.8) is 0 Å². The molecule has 0 bridgehead atoms. The zero-order chi connectivity index (χ0) is 15.4. The molecule has 5 heteroatoms. The monoisotopic (exact) mass is 289 g/mol. The molecule has 0 aliphatic rings. The smallest absolute Gasteiger partial charge is 0.412 e. The average Bonchev–Trinajstić information content (AvgIpc) is 2.37. The summed E-state index contributed by atoms with van der Waals surface area (Å²) in [5, 5.41) is 3.50. The molecular formula is C16H19NO4. The molecule has 21 heavy (non-hydrogen) atoms. The Bertz CT molecular complexity index is 703. The Morgan fingerprint density at radius 1 is 1.33 bits per heavy atom. The number of nitrogens with one attached hydrogen (secondary N) is 1. The number of hydrogen-bond donors (Lipinski definition) is 1. The van der Waals surface area contributed by atoms with Crippen molar-refractivity contribution in [1.29, 1.82) is 0 Å². The first-order valence-electron chi connectivity index (χ1n) is 6.96. The second-order valence-electron chi connectivity index (χ2n) is 5.41. The van der Waals surface area contributed by atoms with Gasteiger partial charge in [-0.2, -0.15) is 0 Å². The lowest BCUT2D eigenvalue weighted by molar-refractivity contribution is 0.200. The molecule has 0 spiro atoms. The summed E-state index contributed by atoms with van der Waals surface area (Å²) in [6, 6.07) is 6.43. The van der Waals surface area contributed by atoms with E-state index in [0.29, 0.717) is 23.8 Å². The summed E-state index contributed by atoms with van der Waals surface area (Å²) in [4.78, 5) is 23.0. The Hall–Kier alpha value is -2.30. The van der Waals surface area contributed by atoms with Gasteiger partial charge in [0.15, 0.2) is 0 Å². The average molecular weight is 289 g/mol. The Balaban J connectivity index is 2.09. The van der Waals surface area contributed by atoms with Crippen molar-refractivity contribution < 1.29 is 13.9 Å². The summed E-state index contributed by atoms with van der Waals surface area (Å²) in [6.07, 6.45) is 0.381. The number of fused-ring (bicyclic) bond motifs is 1. The van der Waals surface area contributed by atoms with Crippen molar-refractivity contribution in [2.45, 2.75) is 27.2 Å². The summed E-state index contributed by atoms with van der Waals surface area (Å²) >= 11 is 0. The van der Waals surface area contributed by atoms with Crippen LogP contribution in [0.4, 0.5) is 4.79 Å². The van der Waals surface area contributed by atoms with Crippen LogP contribution < -0.4 is 15.7 Å². The van der Waals surface area contributed by atoms with Gasteiger partial charge in [0.2, 0.25) is 0 Å². The highest BCUT2D eigenvalue weighted by molar-refractivity contribution is 5.82. The molecule has 1 N–H and O–H groups in total. The summed E-state index contributed by atoms with van der Waals surface area (Å²) in [6.45, 7) is 6.57. The molecule has 1 heterocycles. The standard InChI is InChI=1S/C16H19NO4/c1-10(2)6-7-17-16(19)20-12-4-5-13-11(3)8-15(18)21-14(13)9-12/h4-5,8-10H,6-7H2,1-3H3,(H,17,19). The van der Waals surface area contributed by atoms with Gasteiger partial charge < -0.3 is 14.5 Å². The van der Waals surface area contributed by atoms with Crippen LogP contribution in [0.3, 0.4) is 0 Å². The van der Waals surface area contributed by atoms with Crippen LogP contribution in [0.1, 0.15) is 25.8 Å². The third kappa shape index (κ3) is 4.08. The second-order valence-corrected chi connectivity index (χ2v) is 5.41. The molecule has 5 nitrogen and oxygen atoms in total. The molecule has 0 fully saturated rings. The number of ether oxygens (including phenoxy) is 1. The van der Waals surface area contributed by atoms with Gasteiger partial charge in [-0.3, -0.25) is 0 Å². The Morgan fingerprint density at radius 2 is 2.10 bits per heavy atom. The highest BCUT2D eigenvalue weighted by Gasteiger charge is 2.08. The fourth-order valence-corrected chi connectivity index (χ4v) is 1.97. The number of carbonyl (C=O) groups is 1. The fraction of sp³-hybridized carbons (Fsp3) is 0.375. The van der Waals surface area contributed by atoms with Crippen LogP contribution in [0.25, 0.3) is 11.0 Å². The van der Waals surface area contributed by atoms with Crippen LogP contribution in [-0.2, 0) is 0 Å². The topological polar surface area (TPSA) is 68.5 Å². The quantitative estimate of drug-likeness (QED) is 0.877. The van der Waals surface area contributed by atoms with E-state index < -0.39 is 11.7 Å². The summed E-state index contributed by atoms with van der Waals surface area (Å²) in [5.74, 6) is 0.863. The number of carbonyl (C=O) groups excluding carboxylic acids is 1. The highest BCUT2D eigenvalue weighted by Crippen LogP contribution is 2.22. The largest absolute Gasteiger partial charge is 0.423 e. The van der Waals surface area contributed by atoms with Gasteiger partial charge in [0, 0.05) is 24.1 Å². The van der Waals surface area contributed by atoms with Crippen LogP contribution >= 0.6 is 0 Å². The van der Waals surface area contributed by atoms with Crippen molar-refractivity contribution in [1.82, 2.24) is 5.32 Å². The van der Waals surface area contributed by atoms with Crippen LogP contribution in [0.5, 0.6) is 5.75 Å². The summed E-state index contributed by atoms with van der Waals surface area (Å²) in [7, 11) is 0. The van der Waals surface area contributed by atoms with Crippen molar-refractivity contribution in [3.8, 4) is 5.75 Å². The predicted octanol–water partition coefficient (Wildman–Crippen LogP) is 3.24. The minimum Gasteiger partial charge on any atom is -0.423 e. The van der Waals surface area contributed by atoms with Gasteiger partial charge in [-0.25, -0.2) is 9.59 Å². The number of benzene rings is 1. The number of hydrogen-bond acceptors (Lipinski definition) is 4. The lowest BCUT2D eigenvalue weighted by atomic mass is 10.1. The van der Waals surface area contributed by atoms with Crippen LogP contribution in [0.2, 0.25) is 0 Å². The van der Waals surface area contributed by atoms with Crippen molar-refractivity contribution in [2.24, 2.45) is 5.92 Å². The molecule has 2 rings (SSSR count). The van der Waals surface area contributed by atoms with Gasteiger partial charge in [-0.05, 0) is 37.0 Å². The first-order valence-corrected chi connectivity index (χ1v) is 6.96. The third-order valence-electron chi connectivity index (χ3n) is 3.12. The van der Waals surface area contributed by atoms with Gasteiger partial charge in [-0.1, -0.05) is 13.8 Å². The van der Waals surface area contributed by atoms with E-state index in [-0.39, 0.29) is 0 Å². The minimum atomic E-state index is -0.509. The number of aryl methyl sites for hydroxylation is 1. The zero-order valence-corrected chi connectivity index (χ0v) is 12.4. The van der Waals surface area contributed by atoms with Crippen LogP contribution in [0, 0.1) is 12.8 Å².